The number of nitrogens with one attached hydrogen (secondary N) is 1. The number of esters is 1. The lowest BCUT2D eigenvalue weighted by Gasteiger charge is -2.24. The van der Waals surface area contributed by atoms with E-state index in [4.69, 9.17) is 21.1 Å². The Balaban J connectivity index is 1.59. The van der Waals surface area contributed by atoms with E-state index < -0.39 is 0 Å². The minimum Gasteiger partial charge on any atom is -0.495 e. The fourth-order valence-electron chi connectivity index (χ4n) is 4.36. The molecule has 116 valence electrons. The average Bonchev–Trinajstić information content (AvgIpc) is 3.08. The van der Waals surface area contributed by atoms with Crippen LogP contribution in [0.5, 0.6) is 5.75 Å². The molecule has 2 saturated carbocycles. The molecule has 0 spiro atoms. The second-order valence-corrected chi connectivity index (χ2v) is 6.69. The van der Waals surface area contributed by atoms with E-state index in [0.29, 0.717) is 16.5 Å². The van der Waals surface area contributed by atoms with Crippen molar-refractivity contribution in [2.24, 2.45) is 23.7 Å². The van der Waals surface area contributed by atoms with Crippen LogP contribution in [0.25, 0.3) is 0 Å². The van der Waals surface area contributed by atoms with E-state index >= 15 is 0 Å². The minimum atomic E-state index is -0.306. The average molecular weight is 322 g/mol. The Morgan fingerprint density at radius 1 is 1.41 bits per heavy atom. The van der Waals surface area contributed by atoms with E-state index in [-0.39, 0.29) is 41.7 Å². The number of amides is 1. The van der Waals surface area contributed by atoms with Gasteiger partial charge in [-0.2, -0.15) is 0 Å². The third-order valence-corrected chi connectivity index (χ3v) is 5.44. The highest BCUT2D eigenvalue weighted by Crippen LogP contribution is 2.57. The standard InChI is InChI=1S/C16H16ClNO4/c1-21-11-3-2-8(17)6-10(11)18-15(19)13-7-4-9-12(5-7)22-16(20)14(9)13/h2-3,6-7,9,12-14H,4-5H2,1H3,(H,18,19)/t7-,9-,12+,13+,14-/m1/s1. The summed E-state index contributed by atoms with van der Waals surface area (Å²) < 4.78 is 10.6. The maximum atomic E-state index is 12.7. The number of ether oxygens (including phenoxy) is 2. The summed E-state index contributed by atoms with van der Waals surface area (Å²) in [5.74, 6) is 0.0522. The van der Waals surface area contributed by atoms with Crippen molar-refractivity contribution in [3.05, 3.63) is 23.2 Å². The number of hydrogen-bond acceptors (Lipinski definition) is 4. The van der Waals surface area contributed by atoms with Gasteiger partial charge in [-0.3, -0.25) is 9.59 Å². The molecule has 2 bridgehead atoms. The second-order valence-electron chi connectivity index (χ2n) is 6.26. The molecule has 1 saturated heterocycles. The van der Waals surface area contributed by atoms with Crippen LogP contribution in [0.1, 0.15) is 12.8 Å². The Hall–Kier alpha value is -1.75. The van der Waals surface area contributed by atoms with Gasteiger partial charge in [0.25, 0.3) is 0 Å². The molecule has 3 aliphatic rings. The quantitative estimate of drug-likeness (QED) is 0.869. The van der Waals surface area contributed by atoms with E-state index in [0.717, 1.165) is 12.8 Å². The first-order chi connectivity index (χ1) is 10.6. The lowest BCUT2D eigenvalue weighted by molar-refractivity contribution is -0.145. The topological polar surface area (TPSA) is 64.6 Å². The van der Waals surface area contributed by atoms with Crippen molar-refractivity contribution in [2.45, 2.75) is 18.9 Å². The van der Waals surface area contributed by atoms with E-state index in [1.165, 1.54) is 7.11 Å². The highest BCUT2D eigenvalue weighted by Gasteiger charge is 2.63. The van der Waals surface area contributed by atoms with Gasteiger partial charge >= 0.3 is 5.97 Å². The van der Waals surface area contributed by atoms with Crippen molar-refractivity contribution in [2.75, 3.05) is 12.4 Å². The molecule has 5 atom stereocenters. The van der Waals surface area contributed by atoms with Crippen molar-refractivity contribution in [3.63, 3.8) is 0 Å². The second kappa shape index (κ2) is 4.88. The van der Waals surface area contributed by atoms with Crippen LogP contribution < -0.4 is 10.1 Å². The molecule has 0 radical (unpaired) electrons. The van der Waals surface area contributed by atoms with Crippen molar-refractivity contribution in [1.82, 2.24) is 0 Å². The van der Waals surface area contributed by atoms with Gasteiger partial charge in [0.05, 0.1) is 24.6 Å². The monoisotopic (exact) mass is 321 g/mol. The molecule has 1 heterocycles. The Kier molecular flexibility index (Phi) is 3.08. The molecular weight excluding hydrogens is 306 g/mol. The number of methoxy groups -OCH3 is 1. The van der Waals surface area contributed by atoms with Gasteiger partial charge in [0.2, 0.25) is 5.91 Å². The van der Waals surface area contributed by atoms with Gasteiger partial charge in [-0.1, -0.05) is 11.6 Å². The van der Waals surface area contributed by atoms with Gasteiger partial charge in [-0.15, -0.1) is 0 Å². The summed E-state index contributed by atoms with van der Waals surface area (Å²) in [5, 5.41) is 3.39. The zero-order valence-corrected chi connectivity index (χ0v) is 12.8. The van der Waals surface area contributed by atoms with Gasteiger partial charge in [0.1, 0.15) is 11.9 Å². The lowest BCUT2D eigenvalue weighted by atomic mass is 9.79. The zero-order valence-electron chi connectivity index (χ0n) is 12.0. The SMILES string of the molecule is COc1ccc(Cl)cc1NC(=O)[C@H]1[C@@H]2C[C@H]3[C@H]1C(=O)O[C@H]3C2. The van der Waals surface area contributed by atoms with Crippen LogP contribution in [0.2, 0.25) is 5.02 Å². The van der Waals surface area contributed by atoms with Crippen LogP contribution in [-0.2, 0) is 14.3 Å². The fourth-order valence-corrected chi connectivity index (χ4v) is 4.53. The molecule has 1 aromatic carbocycles. The maximum Gasteiger partial charge on any atom is 0.310 e. The smallest absolute Gasteiger partial charge is 0.310 e. The Morgan fingerprint density at radius 2 is 2.23 bits per heavy atom. The number of carbonyl (C=O) groups is 2. The number of carbonyl (C=O) groups excluding carboxylic acids is 2. The van der Waals surface area contributed by atoms with Crippen molar-refractivity contribution in [3.8, 4) is 5.75 Å². The summed E-state index contributed by atoms with van der Waals surface area (Å²) in [6.07, 6.45) is 1.75. The van der Waals surface area contributed by atoms with Crippen molar-refractivity contribution < 1.29 is 19.1 Å². The Labute approximate surface area is 132 Å². The summed E-state index contributed by atoms with van der Waals surface area (Å²) in [7, 11) is 1.54. The first kappa shape index (κ1) is 13.9. The summed E-state index contributed by atoms with van der Waals surface area (Å²) in [5.41, 5.74) is 0.533. The highest BCUT2D eigenvalue weighted by atomic mass is 35.5. The molecule has 1 amide bonds. The molecule has 2 aliphatic carbocycles. The van der Waals surface area contributed by atoms with Crippen molar-refractivity contribution in [1.29, 1.82) is 0 Å². The van der Waals surface area contributed by atoms with E-state index in [2.05, 4.69) is 5.32 Å². The maximum absolute atomic E-state index is 12.7. The van der Waals surface area contributed by atoms with E-state index in [1.54, 1.807) is 18.2 Å². The molecule has 0 unspecified atom stereocenters. The molecule has 1 N–H and O–H groups in total. The summed E-state index contributed by atoms with van der Waals surface area (Å²) in [6.45, 7) is 0. The summed E-state index contributed by atoms with van der Waals surface area (Å²) in [6, 6.07) is 5.06. The van der Waals surface area contributed by atoms with Crippen LogP contribution in [0.15, 0.2) is 18.2 Å². The number of rotatable bonds is 3. The molecule has 0 aromatic heterocycles. The first-order valence-corrected chi connectivity index (χ1v) is 7.81. The number of hydrogen-bond donors (Lipinski definition) is 1. The molecule has 3 fully saturated rings. The summed E-state index contributed by atoms with van der Waals surface area (Å²) in [4.78, 5) is 24.7. The van der Waals surface area contributed by atoms with Gasteiger partial charge < -0.3 is 14.8 Å². The molecule has 1 aliphatic heterocycles. The van der Waals surface area contributed by atoms with E-state index in [9.17, 15) is 9.59 Å². The number of anilines is 1. The van der Waals surface area contributed by atoms with Crippen LogP contribution in [0.4, 0.5) is 5.69 Å². The zero-order chi connectivity index (χ0) is 15.4. The number of benzene rings is 1. The third kappa shape index (κ3) is 1.92. The van der Waals surface area contributed by atoms with Gasteiger partial charge in [-0.25, -0.2) is 0 Å². The Bertz CT molecular complexity index is 660. The van der Waals surface area contributed by atoms with Gasteiger partial charge in [0, 0.05) is 10.9 Å². The molecule has 6 heteroatoms. The first-order valence-electron chi connectivity index (χ1n) is 7.43. The molecule has 1 aromatic rings. The van der Waals surface area contributed by atoms with Crippen LogP contribution in [0, 0.1) is 23.7 Å². The number of fused-ring (bicyclic) bond motifs is 1. The van der Waals surface area contributed by atoms with Crippen LogP contribution in [0.3, 0.4) is 0 Å². The van der Waals surface area contributed by atoms with Crippen LogP contribution in [-0.4, -0.2) is 25.1 Å². The molecule has 4 rings (SSSR count). The third-order valence-electron chi connectivity index (χ3n) is 5.21. The molecule has 22 heavy (non-hydrogen) atoms. The lowest BCUT2D eigenvalue weighted by Crippen LogP contribution is -2.35. The molecular formula is C16H16ClNO4. The fraction of sp³-hybridized carbons (Fsp3) is 0.500. The van der Waals surface area contributed by atoms with Gasteiger partial charge in [0.15, 0.2) is 0 Å². The number of halogens is 1. The predicted octanol–water partition coefficient (Wildman–Crippen LogP) is 2.48. The summed E-state index contributed by atoms with van der Waals surface area (Å²) >= 11 is 5.98. The van der Waals surface area contributed by atoms with Crippen molar-refractivity contribution >= 4 is 29.2 Å². The molecule has 5 nitrogen and oxygen atoms in total. The minimum absolute atomic E-state index is 0.0345. The largest absolute Gasteiger partial charge is 0.495 e. The normalized spacial score (nSPS) is 34.6. The van der Waals surface area contributed by atoms with E-state index in [1.807, 2.05) is 0 Å². The van der Waals surface area contributed by atoms with Gasteiger partial charge in [-0.05, 0) is 37.0 Å². The van der Waals surface area contributed by atoms with Crippen LogP contribution >= 0.6 is 11.6 Å². The highest BCUT2D eigenvalue weighted by molar-refractivity contribution is 6.31. The Morgan fingerprint density at radius 3 is 3.00 bits per heavy atom. The predicted molar refractivity (Wildman–Crippen MR) is 79.7 cm³/mol.